The van der Waals surface area contributed by atoms with Crippen molar-refractivity contribution in [2.24, 2.45) is 0 Å². The Kier molecular flexibility index (Phi) is 5.87. The molecule has 1 saturated heterocycles. The van der Waals surface area contributed by atoms with E-state index in [1.807, 2.05) is 60.4 Å². The van der Waals surface area contributed by atoms with E-state index in [1.54, 1.807) is 18.9 Å². The van der Waals surface area contributed by atoms with Crippen molar-refractivity contribution < 1.29 is 14.3 Å². The molecule has 4 nitrogen and oxygen atoms in total. The van der Waals surface area contributed by atoms with Gasteiger partial charge in [-0.3, -0.25) is 4.79 Å². The highest BCUT2D eigenvalue weighted by atomic mass is 32.2. The molecule has 1 atom stereocenters. The van der Waals surface area contributed by atoms with Crippen molar-refractivity contribution >= 4 is 17.7 Å². The SMILES string of the molecule is CCC(=O)N1CCS[C@@H]1c1ccc(OCc2ccccc2)c(OC)c1. The fourth-order valence-electron chi connectivity index (χ4n) is 2.90. The Morgan fingerprint density at radius 2 is 2.00 bits per heavy atom. The number of methoxy groups -OCH3 is 1. The highest BCUT2D eigenvalue weighted by Crippen LogP contribution is 2.41. The lowest BCUT2D eigenvalue weighted by Gasteiger charge is -2.24. The van der Waals surface area contributed by atoms with Gasteiger partial charge in [0.1, 0.15) is 12.0 Å². The van der Waals surface area contributed by atoms with Crippen LogP contribution >= 0.6 is 11.8 Å². The van der Waals surface area contributed by atoms with Crippen LogP contribution in [0, 0.1) is 0 Å². The lowest BCUT2D eigenvalue weighted by atomic mass is 10.1. The molecule has 3 rings (SSSR count). The average Bonchev–Trinajstić information content (AvgIpc) is 3.16. The maximum absolute atomic E-state index is 12.1. The van der Waals surface area contributed by atoms with Crippen LogP contribution in [0.5, 0.6) is 11.5 Å². The largest absolute Gasteiger partial charge is 0.493 e. The zero-order valence-corrected chi connectivity index (χ0v) is 15.4. The standard InChI is InChI=1S/C20H23NO3S/c1-3-19(22)21-11-12-25-20(21)16-9-10-17(18(13-16)23-2)24-14-15-7-5-4-6-8-15/h4-10,13,20H,3,11-12,14H2,1-2H3/t20-/m1/s1. The average molecular weight is 357 g/mol. The molecular formula is C20H23NO3S. The molecule has 2 aromatic rings. The Hall–Kier alpha value is -2.14. The molecule has 0 spiro atoms. The molecule has 0 unspecified atom stereocenters. The highest BCUT2D eigenvalue weighted by molar-refractivity contribution is 7.99. The van der Waals surface area contributed by atoms with Gasteiger partial charge in [-0.15, -0.1) is 11.8 Å². The number of ether oxygens (including phenoxy) is 2. The van der Waals surface area contributed by atoms with Crippen LogP contribution in [0.15, 0.2) is 48.5 Å². The number of hydrogen-bond donors (Lipinski definition) is 0. The Morgan fingerprint density at radius 3 is 2.72 bits per heavy atom. The normalized spacial score (nSPS) is 16.7. The smallest absolute Gasteiger partial charge is 0.223 e. The van der Waals surface area contributed by atoms with E-state index in [1.165, 1.54) is 0 Å². The maximum atomic E-state index is 12.1. The Bertz CT molecular complexity index is 720. The third-order valence-corrected chi connectivity index (χ3v) is 5.48. The molecule has 0 aromatic heterocycles. The summed E-state index contributed by atoms with van der Waals surface area (Å²) in [7, 11) is 1.64. The zero-order valence-electron chi connectivity index (χ0n) is 14.6. The van der Waals surface area contributed by atoms with Crippen molar-refractivity contribution in [1.29, 1.82) is 0 Å². The second-order valence-electron chi connectivity index (χ2n) is 5.85. The van der Waals surface area contributed by atoms with Crippen molar-refractivity contribution in [2.45, 2.75) is 25.3 Å². The number of carbonyl (C=O) groups excluding carboxylic acids is 1. The predicted octanol–water partition coefficient (Wildman–Crippen LogP) is 4.26. The molecule has 5 heteroatoms. The van der Waals surface area contributed by atoms with Gasteiger partial charge in [0.15, 0.2) is 11.5 Å². The molecule has 0 saturated carbocycles. The molecule has 132 valence electrons. The van der Waals surface area contributed by atoms with Gasteiger partial charge in [0.05, 0.1) is 7.11 Å². The molecule has 1 amide bonds. The molecule has 1 fully saturated rings. The van der Waals surface area contributed by atoms with Crippen LogP contribution in [-0.2, 0) is 11.4 Å². The van der Waals surface area contributed by atoms with E-state index in [0.29, 0.717) is 24.5 Å². The summed E-state index contributed by atoms with van der Waals surface area (Å²) in [5, 5.41) is 0.0597. The minimum atomic E-state index is 0.0597. The second kappa shape index (κ2) is 8.30. The van der Waals surface area contributed by atoms with Gasteiger partial charge in [-0.2, -0.15) is 0 Å². The minimum absolute atomic E-state index is 0.0597. The topological polar surface area (TPSA) is 38.8 Å². The molecule has 0 radical (unpaired) electrons. The van der Waals surface area contributed by atoms with E-state index < -0.39 is 0 Å². The Labute approximate surface area is 153 Å². The van der Waals surface area contributed by atoms with E-state index in [4.69, 9.17) is 9.47 Å². The van der Waals surface area contributed by atoms with E-state index >= 15 is 0 Å². The van der Waals surface area contributed by atoms with Crippen molar-refractivity contribution in [1.82, 2.24) is 4.90 Å². The number of hydrogen-bond acceptors (Lipinski definition) is 4. The quantitative estimate of drug-likeness (QED) is 0.774. The summed E-state index contributed by atoms with van der Waals surface area (Å²) in [6, 6.07) is 16.0. The van der Waals surface area contributed by atoms with Crippen molar-refractivity contribution in [2.75, 3.05) is 19.4 Å². The first-order valence-corrected chi connectivity index (χ1v) is 9.53. The van der Waals surface area contributed by atoms with Crippen molar-refractivity contribution in [3.05, 3.63) is 59.7 Å². The summed E-state index contributed by atoms with van der Waals surface area (Å²) in [4.78, 5) is 14.1. The van der Waals surface area contributed by atoms with Gasteiger partial charge in [0.2, 0.25) is 5.91 Å². The van der Waals surface area contributed by atoms with E-state index in [0.717, 1.165) is 23.4 Å². The molecule has 25 heavy (non-hydrogen) atoms. The van der Waals surface area contributed by atoms with Crippen LogP contribution < -0.4 is 9.47 Å². The van der Waals surface area contributed by atoms with Gasteiger partial charge in [-0.05, 0) is 23.3 Å². The summed E-state index contributed by atoms with van der Waals surface area (Å²) in [6.07, 6.45) is 0.534. The van der Waals surface area contributed by atoms with Crippen LogP contribution in [0.1, 0.15) is 29.8 Å². The number of benzene rings is 2. The molecule has 0 bridgehead atoms. The van der Waals surface area contributed by atoms with Gasteiger partial charge in [0, 0.05) is 18.7 Å². The van der Waals surface area contributed by atoms with E-state index in [-0.39, 0.29) is 11.3 Å². The summed E-state index contributed by atoms with van der Waals surface area (Å²) >= 11 is 1.79. The molecule has 1 aliphatic rings. The van der Waals surface area contributed by atoms with Crippen LogP contribution in [0.4, 0.5) is 0 Å². The number of thioether (sulfide) groups is 1. The van der Waals surface area contributed by atoms with Gasteiger partial charge >= 0.3 is 0 Å². The summed E-state index contributed by atoms with van der Waals surface area (Å²) in [5.41, 5.74) is 2.19. The first-order chi connectivity index (χ1) is 12.2. The van der Waals surface area contributed by atoms with Crippen LogP contribution in [0.25, 0.3) is 0 Å². The number of amides is 1. The van der Waals surface area contributed by atoms with E-state index in [9.17, 15) is 4.79 Å². The molecular weight excluding hydrogens is 334 g/mol. The lowest BCUT2D eigenvalue weighted by Crippen LogP contribution is -2.29. The molecule has 1 aliphatic heterocycles. The van der Waals surface area contributed by atoms with Crippen molar-refractivity contribution in [3.8, 4) is 11.5 Å². The predicted molar refractivity (Wildman–Crippen MR) is 101 cm³/mol. The Balaban J connectivity index is 1.76. The first kappa shape index (κ1) is 17.7. The van der Waals surface area contributed by atoms with Crippen LogP contribution in [0.2, 0.25) is 0 Å². The van der Waals surface area contributed by atoms with Gasteiger partial charge in [0.25, 0.3) is 0 Å². The van der Waals surface area contributed by atoms with E-state index in [2.05, 4.69) is 0 Å². The second-order valence-corrected chi connectivity index (χ2v) is 7.04. The third kappa shape index (κ3) is 4.10. The fraction of sp³-hybridized carbons (Fsp3) is 0.350. The lowest BCUT2D eigenvalue weighted by molar-refractivity contribution is -0.131. The maximum Gasteiger partial charge on any atom is 0.223 e. The number of nitrogens with zero attached hydrogens (tertiary/aromatic N) is 1. The van der Waals surface area contributed by atoms with Crippen LogP contribution in [-0.4, -0.2) is 30.2 Å². The van der Waals surface area contributed by atoms with Gasteiger partial charge < -0.3 is 14.4 Å². The summed E-state index contributed by atoms with van der Waals surface area (Å²) in [5.74, 6) is 2.57. The molecule has 2 aromatic carbocycles. The van der Waals surface area contributed by atoms with Gasteiger partial charge in [-0.25, -0.2) is 0 Å². The Morgan fingerprint density at radius 1 is 1.20 bits per heavy atom. The van der Waals surface area contributed by atoms with Crippen molar-refractivity contribution in [3.63, 3.8) is 0 Å². The molecule has 0 N–H and O–H groups in total. The summed E-state index contributed by atoms with van der Waals surface area (Å²) < 4.78 is 11.4. The summed E-state index contributed by atoms with van der Waals surface area (Å²) in [6.45, 7) is 3.20. The highest BCUT2D eigenvalue weighted by Gasteiger charge is 2.30. The monoisotopic (exact) mass is 357 g/mol. The first-order valence-electron chi connectivity index (χ1n) is 8.48. The third-order valence-electron chi connectivity index (χ3n) is 4.22. The fourth-order valence-corrected chi connectivity index (χ4v) is 4.16. The molecule has 0 aliphatic carbocycles. The zero-order chi connectivity index (χ0) is 17.6. The minimum Gasteiger partial charge on any atom is -0.493 e. The van der Waals surface area contributed by atoms with Crippen LogP contribution in [0.3, 0.4) is 0 Å². The molecule has 1 heterocycles. The van der Waals surface area contributed by atoms with Gasteiger partial charge in [-0.1, -0.05) is 43.3 Å². The number of rotatable bonds is 6. The number of carbonyl (C=O) groups is 1.